The van der Waals surface area contributed by atoms with Crippen LogP contribution in [-0.2, 0) is 25.6 Å². The summed E-state index contributed by atoms with van der Waals surface area (Å²) in [5, 5.41) is 22.9. The molecular formula is C22H25NO7. The molecule has 1 fully saturated rings. The molecule has 8 nitrogen and oxygen atoms in total. The fourth-order valence-corrected chi connectivity index (χ4v) is 3.26. The minimum Gasteiger partial charge on any atom is -0.453 e. The van der Waals surface area contributed by atoms with Crippen molar-refractivity contribution < 1.29 is 34.0 Å². The van der Waals surface area contributed by atoms with Gasteiger partial charge in [0.05, 0.1) is 18.8 Å². The maximum atomic E-state index is 12.6. The normalized spacial score (nSPS) is 26.0. The van der Waals surface area contributed by atoms with Gasteiger partial charge < -0.3 is 29.7 Å². The number of hydrogen-bond donors (Lipinski definition) is 3. The van der Waals surface area contributed by atoms with Gasteiger partial charge in [-0.05, 0) is 17.7 Å². The second-order valence-corrected chi connectivity index (χ2v) is 6.97. The van der Waals surface area contributed by atoms with E-state index in [1.165, 1.54) is 6.92 Å². The van der Waals surface area contributed by atoms with E-state index in [0.717, 1.165) is 5.56 Å². The van der Waals surface area contributed by atoms with Crippen LogP contribution in [-0.4, -0.2) is 59.3 Å². The summed E-state index contributed by atoms with van der Waals surface area (Å²) in [4.78, 5) is 24.4. The van der Waals surface area contributed by atoms with Crippen molar-refractivity contribution in [1.29, 1.82) is 0 Å². The van der Waals surface area contributed by atoms with Crippen molar-refractivity contribution >= 4 is 11.9 Å². The second kappa shape index (κ2) is 10.3. The predicted molar refractivity (Wildman–Crippen MR) is 106 cm³/mol. The largest absolute Gasteiger partial charge is 0.453 e. The Morgan fingerprint density at radius 3 is 2.30 bits per heavy atom. The quantitative estimate of drug-likeness (QED) is 0.578. The van der Waals surface area contributed by atoms with Gasteiger partial charge in [0.25, 0.3) is 0 Å². The molecule has 0 aliphatic carbocycles. The van der Waals surface area contributed by atoms with Crippen molar-refractivity contribution in [3.05, 3.63) is 71.8 Å². The first-order valence-corrected chi connectivity index (χ1v) is 9.62. The second-order valence-electron chi connectivity index (χ2n) is 6.97. The summed E-state index contributed by atoms with van der Waals surface area (Å²) in [6, 6.07) is 16.6. The minimum absolute atomic E-state index is 0.162. The van der Waals surface area contributed by atoms with Gasteiger partial charge in [-0.2, -0.15) is 0 Å². The number of nitrogens with one attached hydrogen (secondary N) is 1. The van der Waals surface area contributed by atoms with Crippen LogP contribution in [0.25, 0.3) is 0 Å². The first-order chi connectivity index (χ1) is 14.5. The van der Waals surface area contributed by atoms with Crippen LogP contribution in [0.4, 0.5) is 0 Å². The molecule has 1 amide bonds. The van der Waals surface area contributed by atoms with Crippen LogP contribution in [0.1, 0.15) is 22.8 Å². The molecule has 0 radical (unpaired) electrons. The van der Waals surface area contributed by atoms with Crippen LogP contribution >= 0.6 is 0 Å². The van der Waals surface area contributed by atoms with E-state index in [9.17, 15) is 19.8 Å². The number of amides is 1. The van der Waals surface area contributed by atoms with Gasteiger partial charge in [-0.1, -0.05) is 48.5 Å². The van der Waals surface area contributed by atoms with E-state index >= 15 is 0 Å². The van der Waals surface area contributed by atoms with E-state index in [0.29, 0.717) is 5.56 Å². The smallest absolute Gasteiger partial charge is 0.338 e. The van der Waals surface area contributed by atoms with E-state index < -0.39 is 49.1 Å². The van der Waals surface area contributed by atoms with Crippen LogP contribution in [0.2, 0.25) is 0 Å². The van der Waals surface area contributed by atoms with Crippen molar-refractivity contribution in [2.24, 2.45) is 0 Å². The lowest BCUT2D eigenvalue weighted by atomic mass is 9.96. The van der Waals surface area contributed by atoms with E-state index in [-0.39, 0.29) is 6.61 Å². The topological polar surface area (TPSA) is 114 Å². The van der Waals surface area contributed by atoms with Gasteiger partial charge in [0.15, 0.2) is 12.4 Å². The Hall–Kier alpha value is -2.78. The monoisotopic (exact) mass is 415 g/mol. The Morgan fingerprint density at radius 2 is 1.70 bits per heavy atom. The number of benzene rings is 2. The Balaban J connectivity index is 1.82. The molecule has 3 N–H and O–H groups in total. The van der Waals surface area contributed by atoms with E-state index in [1.807, 2.05) is 30.3 Å². The molecule has 1 heterocycles. The highest BCUT2D eigenvalue weighted by atomic mass is 16.7. The van der Waals surface area contributed by atoms with Gasteiger partial charge >= 0.3 is 5.97 Å². The highest BCUT2D eigenvalue weighted by Crippen LogP contribution is 2.26. The molecule has 8 heteroatoms. The van der Waals surface area contributed by atoms with Crippen LogP contribution < -0.4 is 5.32 Å². The third-order valence-corrected chi connectivity index (χ3v) is 4.73. The lowest BCUT2D eigenvalue weighted by molar-refractivity contribution is -0.273. The van der Waals surface area contributed by atoms with Gasteiger partial charge in [-0.25, -0.2) is 4.79 Å². The summed E-state index contributed by atoms with van der Waals surface area (Å²) < 4.78 is 17.0. The molecule has 0 unspecified atom stereocenters. The Morgan fingerprint density at radius 1 is 1.07 bits per heavy atom. The van der Waals surface area contributed by atoms with Gasteiger partial charge in [0, 0.05) is 6.92 Å². The average molecular weight is 415 g/mol. The Kier molecular flexibility index (Phi) is 7.53. The highest BCUT2D eigenvalue weighted by Gasteiger charge is 2.48. The van der Waals surface area contributed by atoms with E-state index in [1.54, 1.807) is 30.3 Å². The SMILES string of the molecule is CC(=O)N[C@@H]1[C@H](OCc2ccccc2)O[C@@H](CO)[C@@H](O)[C@@H]1OC(=O)c1ccccc1. The number of ether oxygens (including phenoxy) is 3. The van der Waals surface area contributed by atoms with Gasteiger partial charge in [-0.15, -0.1) is 0 Å². The van der Waals surface area contributed by atoms with Crippen molar-refractivity contribution in [1.82, 2.24) is 5.32 Å². The Labute approximate surface area is 174 Å². The molecule has 2 aromatic carbocycles. The average Bonchev–Trinajstić information content (AvgIpc) is 2.76. The van der Waals surface area contributed by atoms with Crippen molar-refractivity contribution in [2.45, 2.75) is 44.2 Å². The zero-order chi connectivity index (χ0) is 21.5. The number of esters is 1. The summed E-state index contributed by atoms with van der Waals surface area (Å²) >= 11 is 0. The number of aliphatic hydroxyl groups excluding tert-OH is 2. The van der Waals surface area contributed by atoms with Gasteiger partial charge in [0.1, 0.15) is 18.2 Å². The first kappa shape index (κ1) is 21.9. The molecule has 0 spiro atoms. The molecule has 1 aliphatic rings. The molecule has 1 saturated heterocycles. The third-order valence-electron chi connectivity index (χ3n) is 4.73. The maximum Gasteiger partial charge on any atom is 0.338 e. The summed E-state index contributed by atoms with van der Waals surface area (Å²) in [5.41, 5.74) is 1.16. The van der Waals surface area contributed by atoms with E-state index in [4.69, 9.17) is 14.2 Å². The summed E-state index contributed by atoms with van der Waals surface area (Å²) in [5.74, 6) is -1.08. The third kappa shape index (κ3) is 5.43. The number of carbonyl (C=O) groups is 2. The summed E-state index contributed by atoms with van der Waals surface area (Å²) in [6.45, 7) is 0.947. The molecule has 2 aromatic rings. The molecule has 160 valence electrons. The molecule has 30 heavy (non-hydrogen) atoms. The maximum absolute atomic E-state index is 12.6. The lowest BCUT2D eigenvalue weighted by Gasteiger charge is -2.43. The zero-order valence-electron chi connectivity index (χ0n) is 16.5. The first-order valence-electron chi connectivity index (χ1n) is 9.62. The number of aliphatic hydroxyl groups is 2. The fraction of sp³-hybridized carbons (Fsp3) is 0.364. The summed E-state index contributed by atoms with van der Waals surface area (Å²) in [6.07, 6.45) is -4.66. The zero-order valence-corrected chi connectivity index (χ0v) is 16.5. The minimum atomic E-state index is -1.36. The van der Waals surface area contributed by atoms with Crippen molar-refractivity contribution in [3.63, 3.8) is 0 Å². The Bertz CT molecular complexity index is 830. The molecule has 5 atom stereocenters. The predicted octanol–water partition coefficient (Wildman–Crippen LogP) is 1.01. The fourth-order valence-electron chi connectivity index (χ4n) is 3.26. The van der Waals surface area contributed by atoms with E-state index in [2.05, 4.69) is 5.32 Å². The van der Waals surface area contributed by atoms with Gasteiger partial charge in [0.2, 0.25) is 5.91 Å². The number of hydrogen-bond acceptors (Lipinski definition) is 7. The van der Waals surface area contributed by atoms with Crippen LogP contribution in [0.5, 0.6) is 0 Å². The standard InChI is InChI=1S/C22H25NO7/c1-14(25)23-18-20(30-21(27)16-10-6-3-7-11-16)19(26)17(12-24)29-22(18)28-13-15-8-4-2-5-9-15/h2-11,17-20,22,24,26H,12-13H2,1H3,(H,23,25)/t17-,18-,19+,20+,22+/m0/s1. The molecule has 0 aromatic heterocycles. The van der Waals surface area contributed by atoms with Crippen LogP contribution in [0.3, 0.4) is 0 Å². The van der Waals surface area contributed by atoms with Gasteiger partial charge in [-0.3, -0.25) is 4.79 Å². The van der Waals surface area contributed by atoms with Crippen molar-refractivity contribution in [3.8, 4) is 0 Å². The molecular weight excluding hydrogens is 390 g/mol. The molecule has 0 saturated carbocycles. The van der Waals surface area contributed by atoms with Crippen molar-refractivity contribution in [2.75, 3.05) is 6.61 Å². The molecule has 1 aliphatic heterocycles. The highest BCUT2D eigenvalue weighted by molar-refractivity contribution is 5.89. The summed E-state index contributed by atoms with van der Waals surface area (Å²) in [7, 11) is 0. The number of rotatable bonds is 7. The molecule has 3 rings (SSSR count). The molecule has 0 bridgehead atoms. The number of carbonyl (C=O) groups excluding carboxylic acids is 2. The lowest BCUT2D eigenvalue weighted by Crippen LogP contribution is -2.65. The van der Waals surface area contributed by atoms with Crippen LogP contribution in [0.15, 0.2) is 60.7 Å². The van der Waals surface area contributed by atoms with Crippen LogP contribution in [0, 0.1) is 0 Å².